The van der Waals surface area contributed by atoms with Crippen LogP contribution in [-0.2, 0) is 9.59 Å². The van der Waals surface area contributed by atoms with Crippen LogP contribution in [0.4, 0.5) is 5.69 Å². The zero-order valence-corrected chi connectivity index (χ0v) is 8.18. The Morgan fingerprint density at radius 3 is 2.75 bits per heavy atom. The van der Waals surface area contributed by atoms with Crippen molar-refractivity contribution in [2.45, 2.75) is 0 Å². The number of rotatable bonds is 1. The summed E-state index contributed by atoms with van der Waals surface area (Å²) in [4.78, 5) is 22.7. The molecule has 0 radical (unpaired) electrons. The topological polar surface area (TPSA) is 105 Å². The molecule has 0 spiro atoms. The van der Waals surface area contributed by atoms with E-state index in [1.807, 2.05) is 0 Å². The number of anilines is 1. The predicted octanol–water partition coefficient (Wildman–Crippen LogP) is -0.0815. The summed E-state index contributed by atoms with van der Waals surface area (Å²) in [6.07, 6.45) is 0. The SMILES string of the molecule is NC(=O)C1C(=O)Nc2ccccc2/C1=N\O. The van der Waals surface area contributed by atoms with Crippen LogP contribution in [0.2, 0.25) is 0 Å². The number of carbonyl (C=O) groups is 2. The van der Waals surface area contributed by atoms with Gasteiger partial charge in [0.25, 0.3) is 0 Å². The molecule has 1 aromatic carbocycles. The van der Waals surface area contributed by atoms with Crippen LogP contribution in [0, 0.1) is 5.92 Å². The smallest absolute Gasteiger partial charge is 0.243 e. The first-order valence-electron chi connectivity index (χ1n) is 4.56. The standard InChI is InChI=1S/C10H9N3O3/c11-9(14)7-8(13-16)5-3-1-2-4-6(5)12-10(7)15/h1-4,7,16H,(H2,11,14)(H,12,15)/b13-8+. The van der Waals surface area contributed by atoms with Gasteiger partial charge in [-0.1, -0.05) is 23.4 Å². The fourth-order valence-electron chi connectivity index (χ4n) is 1.68. The molecule has 1 atom stereocenters. The van der Waals surface area contributed by atoms with E-state index in [1.165, 1.54) is 0 Å². The minimum Gasteiger partial charge on any atom is -0.411 e. The van der Waals surface area contributed by atoms with Crippen LogP contribution in [0.3, 0.4) is 0 Å². The highest BCUT2D eigenvalue weighted by Gasteiger charge is 2.36. The van der Waals surface area contributed by atoms with Gasteiger partial charge in [0.2, 0.25) is 11.8 Å². The minimum atomic E-state index is -1.25. The molecule has 1 aliphatic heterocycles. The van der Waals surface area contributed by atoms with Gasteiger partial charge in [0, 0.05) is 11.3 Å². The molecule has 1 aromatic rings. The monoisotopic (exact) mass is 219 g/mol. The molecular formula is C10H9N3O3. The largest absolute Gasteiger partial charge is 0.411 e. The summed E-state index contributed by atoms with van der Waals surface area (Å²) in [5.41, 5.74) is 6.06. The summed E-state index contributed by atoms with van der Waals surface area (Å²) >= 11 is 0. The molecule has 0 aromatic heterocycles. The number of oxime groups is 1. The number of nitrogens with two attached hydrogens (primary N) is 1. The minimum absolute atomic E-state index is 0.0214. The van der Waals surface area contributed by atoms with Crippen molar-refractivity contribution in [3.8, 4) is 0 Å². The summed E-state index contributed by atoms with van der Waals surface area (Å²) in [5, 5.41) is 14.4. The Morgan fingerprint density at radius 1 is 1.44 bits per heavy atom. The van der Waals surface area contributed by atoms with E-state index in [1.54, 1.807) is 24.3 Å². The lowest BCUT2D eigenvalue weighted by Crippen LogP contribution is -2.43. The van der Waals surface area contributed by atoms with Crippen molar-refractivity contribution in [3.63, 3.8) is 0 Å². The first-order valence-corrected chi connectivity index (χ1v) is 4.56. The molecule has 2 rings (SSSR count). The molecule has 0 aliphatic carbocycles. The number of para-hydroxylation sites is 1. The van der Waals surface area contributed by atoms with Gasteiger partial charge >= 0.3 is 0 Å². The molecule has 2 amide bonds. The van der Waals surface area contributed by atoms with Crippen LogP contribution in [0.5, 0.6) is 0 Å². The average molecular weight is 219 g/mol. The Morgan fingerprint density at radius 2 is 2.12 bits per heavy atom. The molecule has 0 saturated carbocycles. The number of benzene rings is 1. The van der Waals surface area contributed by atoms with Gasteiger partial charge in [-0.05, 0) is 6.07 Å². The van der Waals surface area contributed by atoms with Crippen LogP contribution >= 0.6 is 0 Å². The number of fused-ring (bicyclic) bond motifs is 1. The van der Waals surface area contributed by atoms with E-state index in [-0.39, 0.29) is 5.71 Å². The molecule has 0 saturated heterocycles. The average Bonchev–Trinajstić information content (AvgIpc) is 2.26. The quantitative estimate of drug-likeness (QED) is 0.349. The fourth-order valence-corrected chi connectivity index (χ4v) is 1.68. The van der Waals surface area contributed by atoms with E-state index < -0.39 is 17.7 Å². The van der Waals surface area contributed by atoms with Gasteiger partial charge in [0.15, 0.2) is 5.92 Å². The zero-order chi connectivity index (χ0) is 11.7. The van der Waals surface area contributed by atoms with Crippen LogP contribution in [0.15, 0.2) is 29.4 Å². The maximum absolute atomic E-state index is 11.6. The molecule has 1 aliphatic rings. The number of nitrogens with one attached hydrogen (secondary N) is 1. The summed E-state index contributed by atoms with van der Waals surface area (Å²) in [5.74, 6) is -2.68. The van der Waals surface area contributed by atoms with Crippen molar-refractivity contribution in [1.29, 1.82) is 0 Å². The van der Waals surface area contributed by atoms with Crippen molar-refractivity contribution in [1.82, 2.24) is 0 Å². The third-order valence-electron chi connectivity index (χ3n) is 2.39. The Balaban J connectivity index is 2.59. The van der Waals surface area contributed by atoms with Crippen LogP contribution < -0.4 is 11.1 Å². The third-order valence-corrected chi connectivity index (χ3v) is 2.39. The molecule has 0 bridgehead atoms. The molecular weight excluding hydrogens is 210 g/mol. The molecule has 6 heteroatoms. The Bertz CT molecular complexity index is 496. The first kappa shape index (κ1) is 10.2. The molecule has 82 valence electrons. The molecule has 4 N–H and O–H groups in total. The predicted molar refractivity (Wildman–Crippen MR) is 56.1 cm³/mol. The van der Waals surface area contributed by atoms with Crippen LogP contribution in [-0.4, -0.2) is 22.7 Å². The van der Waals surface area contributed by atoms with Gasteiger partial charge in [0.1, 0.15) is 5.71 Å². The molecule has 0 fully saturated rings. The Kier molecular flexibility index (Phi) is 2.32. The van der Waals surface area contributed by atoms with E-state index in [0.29, 0.717) is 11.3 Å². The van der Waals surface area contributed by atoms with E-state index in [4.69, 9.17) is 10.9 Å². The van der Waals surface area contributed by atoms with Crippen molar-refractivity contribution in [2.24, 2.45) is 16.8 Å². The van der Waals surface area contributed by atoms with E-state index in [2.05, 4.69) is 10.5 Å². The highest BCUT2D eigenvalue weighted by Crippen LogP contribution is 2.25. The Hall–Kier alpha value is -2.37. The van der Waals surface area contributed by atoms with Crippen molar-refractivity contribution < 1.29 is 14.8 Å². The van der Waals surface area contributed by atoms with Crippen molar-refractivity contribution in [2.75, 3.05) is 5.32 Å². The lowest BCUT2D eigenvalue weighted by atomic mass is 9.90. The maximum Gasteiger partial charge on any atom is 0.243 e. The van der Waals surface area contributed by atoms with Gasteiger partial charge < -0.3 is 16.3 Å². The highest BCUT2D eigenvalue weighted by atomic mass is 16.4. The number of hydrogen-bond acceptors (Lipinski definition) is 4. The van der Waals surface area contributed by atoms with Gasteiger partial charge in [-0.2, -0.15) is 0 Å². The second-order valence-electron chi connectivity index (χ2n) is 3.36. The van der Waals surface area contributed by atoms with Gasteiger partial charge in [0.05, 0.1) is 0 Å². The van der Waals surface area contributed by atoms with Crippen molar-refractivity contribution >= 4 is 23.2 Å². The van der Waals surface area contributed by atoms with Crippen LogP contribution in [0.1, 0.15) is 5.56 Å². The molecule has 1 heterocycles. The zero-order valence-electron chi connectivity index (χ0n) is 8.18. The summed E-state index contributed by atoms with van der Waals surface area (Å²) in [6, 6.07) is 6.72. The number of primary amides is 1. The number of carbonyl (C=O) groups excluding carboxylic acids is 2. The lowest BCUT2D eigenvalue weighted by molar-refractivity contribution is -0.127. The summed E-state index contributed by atoms with van der Waals surface area (Å²) in [7, 11) is 0. The second kappa shape index (κ2) is 3.65. The van der Waals surface area contributed by atoms with Gasteiger partial charge in [-0.25, -0.2) is 0 Å². The number of hydrogen-bond donors (Lipinski definition) is 3. The van der Waals surface area contributed by atoms with Gasteiger partial charge in [-0.15, -0.1) is 0 Å². The van der Waals surface area contributed by atoms with E-state index in [9.17, 15) is 9.59 Å². The van der Waals surface area contributed by atoms with E-state index in [0.717, 1.165) is 0 Å². The maximum atomic E-state index is 11.6. The van der Waals surface area contributed by atoms with Crippen LogP contribution in [0.25, 0.3) is 0 Å². The number of nitrogens with zero attached hydrogens (tertiary/aromatic N) is 1. The lowest BCUT2D eigenvalue weighted by Gasteiger charge is -2.23. The molecule has 1 unspecified atom stereocenters. The van der Waals surface area contributed by atoms with Crippen molar-refractivity contribution in [3.05, 3.63) is 29.8 Å². The first-order chi connectivity index (χ1) is 7.65. The normalized spacial score (nSPS) is 21.4. The molecule has 16 heavy (non-hydrogen) atoms. The second-order valence-corrected chi connectivity index (χ2v) is 3.36. The summed E-state index contributed by atoms with van der Waals surface area (Å²) in [6.45, 7) is 0. The Labute approximate surface area is 90.7 Å². The number of amides is 2. The summed E-state index contributed by atoms with van der Waals surface area (Å²) < 4.78 is 0. The van der Waals surface area contributed by atoms with E-state index >= 15 is 0 Å². The highest BCUT2D eigenvalue weighted by molar-refractivity contribution is 6.31. The fraction of sp³-hybridized carbons (Fsp3) is 0.100. The van der Waals surface area contributed by atoms with Gasteiger partial charge in [-0.3, -0.25) is 9.59 Å². The third kappa shape index (κ3) is 1.40. The molecule has 6 nitrogen and oxygen atoms in total.